The molecule has 1 saturated heterocycles. The van der Waals surface area contributed by atoms with Gasteiger partial charge in [-0.25, -0.2) is 8.42 Å². The van der Waals surface area contributed by atoms with E-state index in [1.807, 2.05) is 20.8 Å². The van der Waals surface area contributed by atoms with Crippen LogP contribution in [-0.2, 0) is 24.2 Å². The number of nitrogens with zero attached hydrogens (tertiary/aromatic N) is 1. The number of rotatable bonds is 7. The van der Waals surface area contributed by atoms with E-state index in [0.717, 1.165) is 0 Å². The van der Waals surface area contributed by atoms with Crippen LogP contribution >= 0.6 is 23.2 Å². The Kier molecular flexibility index (Phi) is 8.93. The summed E-state index contributed by atoms with van der Waals surface area (Å²) in [7, 11) is -3.69. The van der Waals surface area contributed by atoms with E-state index in [1.54, 1.807) is 69.3 Å². The molecule has 0 radical (unpaired) electrons. The van der Waals surface area contributed by atoms with E-state index < -0.39 is 62.6 Å². The summed E-state index contributed by atoms with van der Waals surface area (Å²) in [5.41, 5.74) is 0.614. The van der Waals surface area contributed by atoms with Crippen molar-refractivity contribution in [2.24, 2.45) is 5.41 Å². The van der Waals surface area contributed by atoms with E-state index in [4.69, 9.17) is 27.9 Å². The number of aliphatic carboxylic acids is 1. The van der Waals surface area contributed by atoms with Crippen molar-refractivity contribution in [3.05, 3.63) is 69.7 Å². The molecule has 4 atom stereocenters. The highest BCUT2D eigenvalue weighted by Gasteiger charge is 2.51. The quantitative estimate of drug-likeness (QED) is 0.422. The number of ether oxygens (including phenoxy) is 1. The number of hydrogen-bond donors (Lipinski definition) is 1. The van der Waals surface area contributed by atoms with Crippen LogP contribution in [0, 0.1) is 5.41 Å². The molecule has 0 saturated carbocycles. The van der Waals surface area contributed by atoms with Gasteiger partial charge in [0.1, 0.15) is 12.2 Å². The van der Waals surface area contributed by atoms with Crippen molar-refractivity contribution in [1.82, 2.24) is 4.90 Å². The van der Waals surface area contributed by atoms with Gasteiger partial charge in [-0.15, -0.1) is 0 Å². The van der Waals surface area contributed by atoms with E-state index in [2.05, 4.69) is 0 Å². The van der Waals surface area contributed by atoms with Crippen LogP contribution in [0.25, 0.3) is 0 Å². The summed E-state index contributed by atoms with van der Waals surface area (Å²) in [6.07, 6.45) is -2.70. The summed E-state index contributed by atoms with van der Waals surface area (Å²) in [5, 5.41) is 10.5. The van der Waals surface area contributed by atoms with E-state index in [-0.39, 0.29) is 5.75 Å². The Labute approximate surface area is 235 Å². The first-order valence-corrected chi connectivity index (χ1v) is 14.8. The average Bonchev–Trinajstić information content (AvgIpc) is 2.78. The fourth-order valence-electron chi connectivity index (χ4n) is 4.55. The van der Waals surface area contributed by atoms with Gasteiger partial charge in [-0.3, -0.25) is 9.59 Å². The fraction of sp³-hybridized carbons (Fsp3) is 0.500. The van der Waals surface area contributed by atoms with Crippen molar-refractivity contribution in [2.75, 3.05) is 5.75 Å². The predicted molar refractivity (Wildman–Crippen MR) is 149 cm³/mol. The maximum Gasteiger partial charge on any atom is 0.306 e. The monoisotopic (exact) mass is 583 g/mol. The van der Waals surface area contributed by atoms with Crippen LogP contribution in [0.5, 0.6) is 0 Å². The van der Waals surface area contributed by atoms with Crippen LogP contribution in [0.15, 0.2) is 48.5 Å². The highest BCUT2D eigenvalue weighted by Crippen LogP contribution is 2.47. The lowest BCUT2D eigenvalue weighted by atomic mass is 9.82. The fourth-order valence-corrected chi connectivity index (χ4v) is 6.45. The molecule has 0 spiro atoms. The van der Waals surface area contributed by atoms with Crippen molar-refractivity contribution < 1.29 is 27.9 Å². The van der Waals surface area contributed by atoms with Crippen molar-refractivity contribution in [1.29, 1.82) is 0 Å². The lowest BCUT2D eigenvalue weighted by molar-refractivity contribution is -0.186. The molecule has 1 fully saturated rings. The zero-order chi connectivity index (χ0) is 28.6. The van der Waals surface area contributed by atoms with Crippen molar-refractivity contribution >= 4 is 44.9 Å². The molecule has 1 aliphatic rings. The first-order chi connectivity index (χ1) is 17.4. The number of halogens is 2. The first-order valence-electron chi connectivity index (χ1n) is 12.3. The van der Waals surface area contributed by atoms with E-state index in [0.29, 0.717) is 21.2 Å². The topological polar surface area (TPSA) is 101 Å². The SMILES string of the molecule is CC(C)(C)C(CS(=O)(=O)C(C)(C)C)N1C(=O)C(CC(=O)O)O[C@H](c2cccc(Cl)c2)C1c1ccc(Cl)cc1. The van der Waals surface area contributed by atoms with Gasteiger partial charge in [0, 0.05) is 10.0 Å². The van der Waals surface area contributed by atoms with Gasteiger partial charge in [-0.2, -0.15) is 0 Å². The predicted octanol–water partition coefficient (Wildman–Crippen LogP) is 6.11. The second kappa shape index (κ2) is 11.2. The number of benzene rings is 2. The number of amides is 1. The Morgan fingerprint density at radius 2 is 1.61 bits per heavy atom. The maximum absolute atomic E-state index is 14.1. The number of carbonyl (C=O) groups is 2. The standard InChI is InChI=1S/C28H35Cl2NO6S/c1-27(2,3)22(16-38(35,36)28(4,5)6)31-24(17-10-12-19(29)13-11-17)25(18-8-7-9-20(30)14-18)37-21(26(31)34)15-23(32)33/h7-14,21-22,24-25H,15-16H2,1-6H3,(H,32,33)/t21?,22?,24?,25-/m1/s1. The highest BCUT2D eigenvalue weighted by atomic mass is 35.5. The molecule has 208 valence electrons. The Balaban J connectivity index is 2.30. The van der Waals surface area contributed by atoms with Gasteiger partial charge in [0.15, 0.2) is 9.84 Å². The maximum atomic E-state index is 14.1. The van der Waals surface area contributed by atoms with Crippen LogP contribution in [0.2, 0.25) is 10.0 Å². The van der Waals surface area contributed by atoms with Crippen molar-refractivity contribution in [3.63, 3.8) is 0 Å². The number of sulfone groups is 1. The van der Waals surface area contributed by atoms with Crippen LogP contribution in [0.4, 0.5) is 0 Å². The Morgan fingerprint density at radius 3 is 2.11 bits per heavy atom. The second-order valence-corrected chi connectivity index (χ2v) is 15.4. The summed E-state index contributed by atoms with van der Waals surface area (Å²) in [5.74, 6) is -2.08. The third-order valence-electron chi connectivity index (χ3n) is 6.82. The molecule has 3 unspecified atom stereocenters. The molecule has 2 aromatic rings. The lowest BCUT2D eigenvalue weighted by Crippen LogP contribution is -2.60. The van der Waals surface area contributed by atoms with Crippen molar-refractivity contribution in [3.8, 4) is 0 Å². The molecule has 1 N–H and O–H groups in total. The Bertz CT molecular complexity index is 1280. The lowest BCUT2D eigenvalue weighted by Gasteiger charge is -2.51. The second-order valence-electron chi connectivity index (χ2n) is 11.7. The minimum Gasteiger partial charge on any atom is -0.481 e. The van der Waals surface area contributed by atoms with Gasteiger partial charge in [0.05, 0.1) is 29.0 Å². The zero-order valence-corrected chi connectivity index (χ0v) is 24.8. The minimum absolute atomic E-state index is 0.308. The normalized spacial score (nSPS) is 21.8. The van der Waals surface area contributed by atoms with E-state index >= 15 is 0 Å². The molecular formula is C28H35Cl2NO6S. The van der Waals surface area contributed by atoms with Gasteiger partial charge in [0.25, 0.3) is 5.91 Å². The van der Waals surface area contributed by atoms with Gasteiger partial charge in [-0.1, -0.05) is 68.2 Å². The number of carboxylic acids is 1. The number of carbonyl (C=O) groups excluding carboxylic acids is 1. The molecule has 38 heavy (non-hydrogen) atoms. The molecule has 1 aliphatic heterocycles. The first kappa shape index (κ1) is 30.4. The molecule has 7 nitrogen and oxygen atoms in total. The van der Waals surface area contributed by atoms with Crippen LogP contribution in [-0.4, -0.2) is 52.9 Å². The Morgan fingerprint density at radius 1 is 1.00 bits per heavy atom. The largest absolute Gasteiger partial charge is 0.481 e. The van der Waals surface area contributed by atoms with Gasteiger partial charge >= 0.3 is 5.97 Å². The molecule has 0 bridgehead atoms. The van der Waals surface area contributed by atoms with Crippen LogP contribution in [0.3, 0.4) is 0 Å². The number of morpholine rings is 1. The number of carboxylic acid groups (broad SMARTS) is 1. The zero-order valence-electron chi connectivity index (χ0n) is 22.4. The highest BCUT2D eigenvalue weighted by molar-refractivity contribution is 7.92. The molecule has 1 heterocycles. The van der Waals surface area contributed by atoms with E-state index in [1.165, 1.54) is 4.90 Å². The van der Waals surface area contributed by atoms with Gasteiger partial charge in [-0.05, 0) is 61.6 Å². The molecule has 2 aromatic carbocycles. The van der Waals surface area contributed by atoms with Gasteiger partial charge in [0.2, 0.25) is 0 Å². The summed E-state index contributed by atoms with van der Waals surface area (Å²) in [6, 6.07) is 12.3. The van der Waals surface area contributed by atoms with E-state index in [9.17, 15) is 23.1 Å². The molecular weight excluding hydrogens is 549 g/mol. The molecule has 3 rings (SSSR count). The van der Waals surface area contributed by atoms with Gasteiger partial charge < -0.3 is 14.7 Å². The molecule has 0 aromatic heterocycles. The third-order valence-corrected chi connectivity index (χ3v) is 9.93. The average molecular weight is 585 g/mol. The number of hydrogen-bond acceptors (Lipinski definition) is 5. The molecule has 0 aliphatic carbocycles. The summed E-state index contributed by atoms with van der Waals surface area (Å²) < 4.78 is 32.2. The third kappa shape index (κ3) is 6.71. The molecule has 10 heteroatoms. The van der Waals surface area contributed by atoms with Crippen LogP contribution in [0.1, 0.15) is 71.2 Å². The Hall–Kier alpha value is -2.13. The summed E-state index contributed by atoms with van der Waals surface area (Å²) in [4.78, 5) is 27.4. The summed E-state index contributed by atoms with van der Waals surface area (Å²) in [6.45, 7) is 10.5. The molecule has 1 amide bonds. The van der Waals surface area contributed by atoms with Crippen molar-refractivity contribution in [2.45, 2.75) is 77.0 Å². The summed E-state index contributed by atoms with van der Waals surface area (Å²) >= 11 is 12.5. The van der Waals surface area contributed by atoms with Crippen LogP contribution < -0.4 is 0 Å². The minimum atomic E-state index is -3.69. The smallest absolute Gasteiger partial charge is 0.306 e.